The summed E-state index contributed by atoms with van der Waals surface area (Å²) in [7, 11) is 3.07. The molecular formula is C15H24N5O7PS. The summed E-state index contributed by atoms with van der Waals surface area (Å²) in [5, 5.41) is 0. The number of fused-ring (bicyclic) bond motifs is 1. The van der Waals surface area contributed by atoms with Gasteiger partial charge in [-0.2, -0.15) is 4.98 Å². The van der Waals surface area contributed by atoms with E-state index in [0.29, 0.717) is 6.61 Å². The zero-order chi connectivity index (χ0) is 21.2. The first-order chi connectivity index (χ1) is 13.7. The van der Waals surface area contributed by atoms with Crippen LogP contribution in [-0.2, 0) is 35.3 Å². The number of nitrogens with one attached hydrogen (secondary N) is 1. The standard InChI is InChI=1S/C15H24N5O7PS/c1-23-4-5-25-11-10(27-28(3,22)29)8(6-24-2)26-14(11)20-7-17-9-12(20)18-15(16)19-13(9)21/h7-8,10-11,14H,4-6H2,1-3H3,(H,22,29)(H3,16,18,19,21)/t8-,10?,11+,14-,28?/m1/s1. The van der Waals surface area contributed by atoms with E-state index < -0.39 is 36.6 Å². The summed E-state index contributed by atoms with van der Waals surface area (Å²) in [6.45, 7) is -0.863. The number of imidazole rings is 1. The highest BCUT2D eigenvalue weighted by atomic mass is 32.5. The smallest absolute Gasteiger partial charge is 0.280 e. The second-order valence-corrected chi connectivity index (χ2v) is 10.3. The number of H-pyrrole nitrogens is 1. The van der Waals surface area contributed by atoms with Crippen molar-refractivity contribution in [2.24, 2.45) is 0 Å². The van der Waals surface area contributed by atoms with E-state index >= 15 is 0 Å². The molecule has 1 fully saturated rings. The molecule has 29 heavy (non-hydrogen) atoms. The lowest BCUT2D eigenvalue weighted by atomic mass is 10.1. The van der Waals surface area contributed by atoms with Crippen LogP contribution in [0.3, 0.4) is 0 Å². The minimum atomic E-state index is -3.05. The molecule has 0 saturated carbocycles. The number of rotatable bonds is 9. The van der Waals surface area contributed by atoms with Crippen LogP contribution in [-0.4, -0.2) is 83.4 Å². The quantitative estimate of drug-likeness (QED) is 0.338. The van der Waals surface area contributed by atoms with Gasteiger partial charge < -0.3 is 34.1 Å². The maximum Gasteiger partial charge on any atom is 0.280 e. The third-order valence-corrected chi connectivity index (χ3v) is 5.15. The third-order valence-electron chi connectivity index (χ3n) is 4.26. The van der Waals surface area contributed by atoms with Crippen LogP contribution < -0.4 is 11.3 Å². The maximum absolute atomic E-state index is 12.1. The van der Waals surface area contributed by atoms with Crippen molar-refractivity contribution in [3.63, 3.8) is 0 Å². The molecule has 0 aromatic carbocycles. The summed E-state index contributed by atoms with van der Waals surface area (Å²) in [6, 6.07) is 0. The Labute approximate surface area is 171 Å². The van der Waals surface area contributed by atoms with Gasteiger partial charge in [0.15, 0.2) is 23.9 Å². The molecule has 0 bridgehead atoms. The van der Waals surface area contributed by atoms with E-state index in [4.69, 9.17) is 41.0 Å². The van der Waals surface area contributed by atoms with Crippen LogP contribution in [0.5, 0.6) is 0 Å². The van der Waals surface area contributed by atoms with Gasteiger partial charge in [-0.3, -0.25) is 14.3 Å². The van der Waals surface area contributed by atoms with E-state index in [1.54, 1.807) is 11.7 Å². The number of aromatic amines is 1. The van der Waals surface area contributed by atoms with Crippen LogP contribution in [0.25, 0.3) is 11.2 Å². The monoisotopic (exact) mass is 449 g/mol. The fourth-order valence-electron chi connectivity index (χ4n) is 3.16. The molecule has 0 amide bonds. The zero-order valence-electron chi connectivity index (χ0n) is 16.2. The molecule has 5 atom stereocenters. The zero-order valence-corrected chi connectivity index (χ0v) is 17.9. The van der Waals surface area contributed by atoms with Gasteiger partial charge in [0, 0.05) is 20.9 Å². The molecule has 0 radical (unpaired) electrons. The Hall–Kier alpha value is -1.44. The molecule has 3 heterocycles. The highest BCUT2D eigenvalue weighted by Crippen LogP contribution is 2.45. The molecule has 14 heteroatoms. The fraction of sp³-hybridized carbons (Fsp3) is 0.667. The van der Waals surface area contributed by atoms with E-state index in [9.17, 15) is 9.69 Å². The van der Waals surface area contributed by atoms with E-state index in [1.165, 1.54) is 20.1 Å². The number of anilines is 1. The van der Waals surface area contributed by atoms with Crippen LogP contribution >= 0.6 is 6.49 Å². The van der Waals surface area contributed by atoms with Gasteiger partial charge in [-0.05, 0) is 11.8 Å². The van der Waals surface area contributed by atoms with Gasteiger partial charge in [0.2, 0.25) is 5.95 Å². The molecule has 1 aliphatic heterocycles. The molecule has 12 nitrogen and oxygen atoms in total. The summed E-state index contributed by atoms with van der Waals surface area (Å²) in [5.41, 5.74) is 5.55. The lowest BCUT2D eigenvalue weighted by molar-refractivity contribution is -0.0790. The average Bonchev–Trinajstić information content (AvgIpc) is 3.17. The van der Waals surface area contributed by atoms with Crippen molar-refractivity contribution < 1.29 is 28.4 Å². The topological polar surface area (TPSA) is 156 Å². The molecule has 162 valence electrons. The molecule has 2 unspecified atom stereocenters. The second kappa shape index (κ2) is 9.14. The van der Waals surface area contributed by atoms with Crippen LogP contribution in [0, 0.1) is 0 Å². The summed E-state index contributed by atoms with van der Waals surface area (Å²) in [5.74, 6) is -0.0558. The van der Waals surface area contributed by atoms with Gasteiger partial charge in [0.25, 0.3) is 5.56 Å². The van der Waals surface area contributed by atoms with E-state index in [-0.39, 0.29) is 30.3 Å². The number of nitrogens with zero attached hydrogens (tertiary/aromatic N) is 3. The minimum Gasteiger partial charge on any atom is -0.382 e. The van der Waals surface area contributed by atoms with Gasteiger partial charge in [-0.1, -0.05) is 0 Å². The summed E-state index contributed by atoms with van der Waals surface area (Å²) in [4.78, 5) is 32.9. The number of nitrogen functional groups attached to an aromatic ring is 1. The summed E-state index contributed by atoms with van der Waals surface area (Å²) in [6.07, 6.45) is -1.40. The number of ether oxygens (including phenoxy) is 4. The number of methoxy groups -OCH3 is 2. The fourth-order valence-corrected chi connectivity index (χ4v) is 4.16. The number of hydrogen-bond donors (Lipinski definition) is 3. The Morgan fingerprint density at radius 3 is 2.79 bits per heavy atom. The SMILES string of the molecule is COCCO[C@H]1C(OP(C)(O)=S)[C@@H](COC)O[C@H]1n1cnc2c(=O)[nH]c(N)nc21. The minimum absolute atomic E-state index is 0.0558. The van der Waals surface area contributed by atoms with Crippen molar-refractivity contribution in [1.29, 1.82) is 0 Å². The van der Waals surface area contributed by atoms with E-state index in [2.05, 4.69) is 15.0 Å². The molecule has 0 spiro atoms. The molecular weight excluding hydrogens is 425 g/mol. The molecule has 4 N–H and O–H groups in total. The van der Waals surface area contributed by atoms with Crippen LogP contribution in [0.15, 0.2) is 11.1 Å². The van der Waals surface area contributed by atoms with Crippen LogP contribution in [0.4, 0.5) is 5.95 Å². The molecule has 2 aromatic rings. The Morgan fingerprint density at radius 1 is 1.38 bits per heavy atom. The van der Waals surface area contributed by atoms with Crippen molar-refractivity contribution in [2.75, 3.05) is 46.4 Å². The van der Waals surface area contributed by atoms with Gasteiger partial charge in [0.1, 0.15) is 18.3 Å². The van der Waals surface area contributed by atoms with Gasteiger partial charge in [-0.15, -0.1) is 0 Å². The van der Waals surface area contributed by atoms with Gasteiger partial charge in [-0.25, -0.2) is 4.98 Å². The summed E-state index contributed by atoms with van der Waals surface area (Å²) >= 11 is 5.07. The first-order valence-corrected chi connectivity index (χ1v) is 11.8. The average molecular weight is 449 g/mol. The molecule has 3 rings (SSSR count). The number of aromatic nitrogens is 4. The summed E-state index contributed by atoms with van der Waals surface area (Å²) < 4.78 is 29.7. The van der Waals surface area contributed by atoms with Crippen molar-refractivity contribution >= 4 is 35.4 Å². The van der Waals surface area contributed by atoms with E-state index in [0.717, 1.165) is 0 Å². The first kappa shape index (κ1) is 22.2. The lowest BCUT2D eigenvalue weighted by Gasteiger charge is -2.27. The molecule has 2 aromatic heterocycles. The third kappa shape index (κ3) is 5.01. The highest BCUT2D eigenvalue weighted by molar-refractivity contribution is 8.09. The maximum atomic E-state index is 12.1. The van der Waals surface area contributed by atoms with Gasteiger partial charge >= 0.3 is 0 Å². The first-order valence-electron chi connectivity index (χ1n) is 8.71. The Balaban J connectivity index is 2.03. The highest BCUT2D eigenvalue weighted by Gasteiger charge is 2.49. The number of hydrogen-bond acceptors (Lipinski definition) is 10. The Morgan fingerprint density at radius 2 is 2.14 bits per heavy atom. The largest absolute Gasteiger partial charge is 0.382 e. The molecule has 0 aliphatic carbocycles. The normalized spacial score (nSPS) is 26.8. The van der Waals surface area contributed by atoms with Gasteiger partial charge in [0.05, 0.1) is 26.1 Å². The second-order valence-electron chi connectivity index (χ2n) is 6.50. The molecule has 1 saturated heterocycles. The van der Waals surface area contributed by atoms with Crippen molar-refractivity contribution in [2.45, 2.75) is 24.5 Å². The Kier molecular flexibility index (Phi) is 7.02. The predicted molar refractivity (Wildman–Crippen MR) is 107 cm³/mol. The van der Waals surface area contributed by atoms with E-state index in [1.807, 2.05) is 0 Å². The Bertz CT molecular complexity index is 947. The predicted octanol–water partition coefficient (Wildman–Crippen LogP) is -0.406. The van der Waals surface area contributed by atoms with Crippen molar-refractivity contribution in [3.8, 4) is 0 Å². The lowest BCUT2D eigenvalue weighted by Crippen LogP contribution is -2.38. The van der Waals surface area contributed by atoms with Crippen molar-refractivity contribution in [3.05, 3.63) is 16.7 Å². The number of nitrogens with two attached hydrogens (primary N) is 1. The van der Waals surface area contributed by atoms with Crippen LogP contribution in [0.1, 0.15) is 6.23 Å². The van der Waals surface area contributed by atoms with Crippen molar-refractivity contribution in [1.82, 2.24) is 19.5 Å². The molecule has 1 aliphatic rings. The van der Waals surface area contributed by atoms with Crippen LogP contribution in [0.2, 0.25) is 0 Å².